The molecule has 2 aromatic carbocycles. The number of para-hydroxylation sites is 1. The van der Waals surface area contributed by atoms with Crippen LogP contribution in [0.4, 0.5) is 5.69 Å². The Morgan fingerprint density at radius 1 is 0.889 bits per heavy atom. The number of nitrogens with zero attached hydrogens (tertiary/aromatic N) is 3. The van der Waals surface area contributed by atoms with Crippen LogP contribution in [0.5, 0.6) is 0 Å². The highest BCUT2D eigenvalue weighted by Gasteiger charge is 2.76. The third-order valence-corrected chi connectivity index (χ3v) is 10.7. The molecular formula is C37H45N3O5. The average Bonchev–Trinajstić information content (AvgIpc) is 3.33. The first-order valence-electron chi connectivity index (χ1n) is 16.3. The van der Waals surface area contributed by atoms with Crippen LogP contribution in [-0.4, -0.2) is 75.6 Å². The summed E-state index contributed by atoms with van der Waals surface area (Å²) in [5.74, 6) is -2.54. The molecule has 238 valence electrons. The first-order valence-corrected chi connectivity index (χ1v) is 16.3. The Labute approximate surface area is 266 Å². The van der Waals surface area contributed by atoms with Gasteiger partial charge in [-0.25, -0.2) is 0 Å². The Balaban J connectivity index is 1.51. The molecule has 6 rings (SSSR count). The summed E-state index contributed by atoms with van der Waals surface area (Å²) >= 11 is 0. The summed E-state index contributed by atoms with van der Waals surface area (Å²) in [6.07, 6.45) is 8.93. The van der Waals surface area contributed by atoms with E-state index >= 15 is 4.79 Å². The van der Waals surface area contributed by atoms with Gasteiger partial charge in [0, 0.05) is 25.3 Å². The lowest BCUT2D eigenvalue weighted by molar-refractivity contribution is -0.154. The van der Waals surface area contributed by atoms with Crippen molar-refractivity contribution < 1.29 is 24.2 Å². The molecule has 45 heavy (non-hydrogen) atoms. The first kappa shape index (κ1) is 31.2. The third-order valence-electron chi connectivity index (χ3n) is 10.7. The maximum absolute atomic E-state index is 15.0. The van der Waals surface area contributed by atoms with Crippen LogP contribution in [-0.2, 0) is 25.7 Å². The van der Waals surface area contributed by atoms with E-state index in [1.54, 1.807) is 14.7 Å². The average molecular weight is 612 g/mol. The van der Waals surface area contributed by atoms with Crippen LogP contribution >= 0.6 is 0 Å². The van der Waals surface area contributed by atoms with Crippen molar-refractivity contribution in [2.75, 3.05) is 24.6 Å². The quantitative estimate of drug-likeness (QED) is 0.442. The minimum absolute atomic E-state index is 0.0845. The largest absolute Gasteiger partial charge is 0.394 e. The molecule has 3 amide bonds. The number of hydrogen-bond donors (Lipinski definition) is 1. The monoisotopic (exact) mass is 611 g/mol. The van der Waals surface area contributed by atoms with Gasteiger partial charge in [-0.1, -0.05) is 100 Å². The number of fused-ring (bicyclic) bond motifs is 2. The topological polar surface area (TPSA) is 90.4 Å². The fourth-order valence-corrected chi connectivity index (χ4v) is 8.30. The van der Waals surface area contributed by atoms with Gasteiger partial charge in [0.1, 0.15) is 11.6 Å². The number of aliphatic hydroxyl groups excluding tert-OH is 1. The number of carbonyl (C=O) groups excluding carboxylic acids is 3. The lowest BCUT2D eigenvalue weighted by atomic mass is 9.73. The van der Waals surface area contributed by atoms with Crippen molar-refractivity contribution in [3.63, 3.8) is 0 Å². The highest BCUT2D eigenvalue weighted by Crippen LogP contribution is 2.59. The van der Waals surface area contributed by atoms with E-state index in [0.717, 1.165) is 22.4 Å². The summed E-state index contributed by atoms with van der Waals surface area (Å²) in [6.45, 7) is 10.8. The van der Waals surface area contributed by atoms with Gasteiger partial charge in [-0.15, -0.1) is 0 Å². The molecular weight excluding hydrogens is 566 g/mol. The van der Waals surface area contributed by atoms with Crippen LogP contribution in [0.1, 0.15) is 50.3 Å². The zero-order valence-corrected chi connectivity index (χ0v) is 27.0. The lowest BCUT2D eigenvalue weighted by Gasteiger charge is -2.42. The van der Waals surface area contributed by atoms with Gasteiger partial charge in [0.15, 0.2) is 0 Å². The maximum Gasteiger partial charge on any atom is 0.253 e. The van der Waals surface area contributed by atoms with E-state index in [-0.39, 0.29) is 30.2 Å². The molecule has 0 radical (unpaired) electrons. The predicted molar refractivity (Wildman–Crippen MR) is 173 cm³/mol. The van der Waals surface area contributed by atoms with Gasteiger partial charge in [0.2, 0.25) is 11.8 Å². The minimum atomic E-state index is -1.38. The van der Waals surface area contributed by atoms with Crippen molar-refractivity contribution in [2.24, 2.45) is 17.8 Å². The van der Waals surface area contributed by atoms with E-state index in [1.165, 1.54) is 0 Å². The van der Waals surface area contributed by atoms with E-state index in [2.05, 4.69) is 0 Å². The molecule has 0 saturated carbocycles. The van der Waals surface area contributed by atoms with E-state index in [1.807, 2.05) is 107 Å². The number of rotatable bonds is 8. The van der Waals surface area contributed by atoms with Crippen molar-refractivity contribution in [1.82, 2.24) is 9.80 Å². The molecule has 0 bridgehead atoms. The molecule has 4 heterocycles. The van der Waals surface area contributed by atoms with Crippen LogP contribution in [0, 0.1) is 31.6 Å². The highest BCUT2D eigenvalue weighted by atomic mass is 16.5. The van der Waals surface area contributed by atoms with Gasteiger partial charge in [-0.05, 0) is 42.9 Å². The lowest BCUT2D eigenvalue weighted by Crippen LogP contribution is -2.60. The number of aliphatic hydroxyl groups is 1. The Bertz CT molecular complexity index is 1520. The zero-order chi connectivity index (χ0) is 32.1. The summed E-state index contributed by atoms with van der Waals surface area (Å²) in [7, 11) is 0. The number of aryl methyl sites for hydroxylation is 2. The molecule has 4 aliphatic heterocycles. The molecule has 8 nitrogen and oxygen atoms in total. The normalized spacial score (nSPS) is 30.6. The summed E-state index contributed by atoms with van der Waals surface area (Å²) in [6, 6.07) is 14.1. The molecule has 2 aromatic rings. The van der Waals surface area contributed by atoms with Crippen molar-refractivity contribution in [1.29, 1.82) is 0 Å². The van der Waals surface area contributed by atoms with Crippen LogP contribution in [0.3, 0.4) is 0 Å². The summed E-state index contributed by atoms with van der Waals surface area (Å²) in [4.78, 5) is 49.8. The van der Waals surface area contributed by atoms with E-state index in [0.29, 0.717) is 32.5 Å². The second kappa shape index (κ2) is 11.9. The predicted octanol–water partition coefficient (Wildman–Crippen LogP) is 4.57. The minimum Gasteiger partial charge on any atom is -0.394 e. The Morgan fingerprint density at radius 3 is 2.22 bits per heavy atom. The summed E-state index contributed by atoms with van der Waals surface area (Å²) in [5, 5.41) is 10.8. The Hall–Kier alpha value is -3.75. The van der Waals surface area contributed by atoms with E-state index in [9.17, 15) is 14.7 Å². The van der Waals surface area contributed by atoms with E-state index in [4.69, 9.17) is 4.74 Å². The molecule has 0 aromatic heterocycles. The fraction of sp³-hybridized carbons (Fsp3) is 0.486. The number of ether oxygens (including phenoxy) is 1. The van der Waals surface area contributed by atoms with Crippen molar-refractivity contribution in [2.45, 2.75) is 77.3 Å². The Kier molecular flexibility index (Phi) is 8.25. The second-order valence-corrected chi connectivity index (χ2v) is 13.2. The Morgan fingerprint density at radius 2 is 1.58 bits per heavy atom. The SMILES string of the molecule is CC[C@H](C)[C@H](CO)N1C(=O)[C@@H]2[C@H]3C(=O)N(Cc4ccccc4)CC=C[C@@]3(CC)O[C@@]23C=CCN(c2c(C)cccc2C)C(=O)C13. The highest BCUT2D eigenvalue weighted by molar-refractivity contribution is 6.06. The van der Waals surface area contributed by atoms with Crippen LogP contribution in [0.15, 0.2) is 72.8 Å². The van der Waals surface area contributed by atoms with Gasteiger partial charge in [0.25, 0.3) is 5.91 Å². The van der Waals surface area contributed by atoms with Gasteiger partial charge < -0.3 is 24.5 Å². The molecule has 4 aliphatic rings. The van der Waals surface area contributed by atoms with Gasteiger partial charge >= 0.3 is 0 Å². The second-order valence-electron chi connectivity index (χ2n) is 13.2. The molecule has 1 spiro atoms. The smallest absolute Gasteiger partial charge is 0.253 e. The molecule has 1 unspecified atom stereocenters. The number of benzene rings is 2. The third kappa shape index (κ3) is 4.76. The first-order chi connectivity index (χ1) is 21.6. The number of amides is 3. The van der Waals surface area contributed by atoms with Crippen LogP contribution in [0.2, 0.25) is 0 Å². The van der Waals surface area contributed by atoms with Crippen molar-refractivity contribution in [3.05, 3.63) is 89.5 Å². The summed E-state index contributed by atoms with van der Waals surface area (Å²) < 4.78 is 7.16. The molecule has 2 fully saturated rings. The molecule has 2 saturated heterocycles. The number of anilines is 1. The number of likely N-dealkylation sites (tertiary alicyclic amines) is 1. The van der Waals surface area contributed by atoms with Gasteiger partial charge in [-0.2, -0.15) is 0 Å². The van der Waals surface area contributed by atoms with Crippen molar-refractivity contribution >= 4 is 23.4 Å². The number of carbonyl (C=O) groups is 3. The van der Waals surface area contributed by atoms with Crippen LogP contribution in [0.25, 0.3) is 0 Å². The molecule has 8 heteroatoms. The van der Waals surface area contributed by atoms with Gasteiger partial charge in [0.05, 0.1) is 30.1 Å². The van der Waals surface area contributed by atoms with E-state index < -0.39 is 35.1 Å². The molecule has 7 atom stereocenters. The molecule has 1 N–H and O–H groups in total. The van der Waals surface area contributed by atoms with Gasteiger partial charge in [-0.3, -0.25) is 14.4 Å². The number of hydrogen-bond acceptors (Lipinski definition) is 5. The fourth-order valence-electron chi connectivity index (χ4n) is 8.30. The van der Waals surface area contributed by atoms with Crippen LogP contribution < -0.4 is 4.90 Å². The summed E-state index contributed by atoms with van der Waals surface area (Å²) in [5.41, 5.74) is 1.29. The van der Waals surface area contributed by atoms with Crippen molar-refractivity contribution in [3.8, 4) is 0 Å². The molecule has 0 aliphatic carbocycles. The maximum atomic E-state index is 15.0. The standard InChI is InChI=1S/C37H45N3O5/c1-6-24(3)28(23-41)40-32-35(44)39(31-25(4)14-11-15-26(31)5)21-13-19-37(32)30(34(40)43)29-33(42)38(22-27-16-9-8-10-17-27)20-12-18-36(29,7-2)45-37/h8-19,24,28-30,32,41H,6-7,20-23H2,1-5H3/t24-,28-,29-,30-,32?,36+,37-/m0/s1. The zero-order valence-electron chi connectivity index (χ0n) is 27.0.